The van der Waals surface area contributed by atoms with E-state index in [1.54, 1.807) is 6.20 Å². The first-order chi connectivity index (χ1) is 8.65. The first-order valence-corrected chi connectivity index (χ1v) is 6.35. The highest BCUT2D eigenvalue weighted by Crippen LogP contribution is 2.27. The smallest absolute Gasteiger partial charge is 0.164 e. The Bertz CT molecular complexity index is 585. The number of hydrogen-bond donors (Lipinski definition) is 1. The van der Waals surface area contributed by atoms with Gasteiger partial charge in [0.05, 0.1) is 11.8 Å². The summed E-state index contributed by atoms with van der Waals surface area (Å²) in [6, 6.07) is 0.338. The third kappa shape index (κ3) is 1.75. The molecule has 0 aromatic carbocycles. The van der Waals surface area contributed by atoms with Crippen molar-refractivity contribution in [1.82, 2.24) is 19.7 Å². The van der Waals surface area contributed by atoms with Crippen LogP contribution in [0.15, 0.2) is 12.4 Å². The number of aryl methyl sites for hydroxylation is 1. The Hall–Kier alpha value is -1.91. The molecule has 2 aromatic heterocycles. The van der Waals surface area contributed by atoms with Gasteiger partial charge in [0.2, 0.25) is 0 Å². The van der Waals surface area contributed by atoms with Gasteiger partial charge in [0.1, 0.15) is 5.82 Å². The zero-order valence-corrected chi connectivity index (χ0v) is 10.7. The lowest BCUT2D eigenvalue weighted by molar-refractivity contribution is 0.532. The Morgan fingerprint density at radius 2 is 2.11 bits per heavy atom. The molecule has 3 rings (SSSR count). The largest absolute Gasteiger partial charge is 0.383 e. The third-order valence-electron chi connectivity index (χ3n) is 3.35. The number of nitrogen functional groups attached to an aromatic ring is 1. The molecule has 2 N–H and O–H groups in total. The van der Waals surface area contributed by atoms with Gasteiger partial charge in [-0.1, -0.05) is 0 Å². The zero-order chi connectivity index (χ0) is 12.7. The first kappa shape index (κ1) is 11.2. The molecule has 0 saturated carbocycles. The Kier molecular flexibility index (Phi) is 2.54. The van der Waals surface area contributed by atoms with Crippen molar-refractivity contribution in [2.75, 3.05) is 5.73 Å². The van der Waals surface area contributed by atoms with Gasteiger partial charge in [0.15, 0.2) is 5.82 Å². The predicted molar refractivity (Wildman–Crippen MR) is 70.1 cm³/mol. The minimum Gasteiger partial charge on any atom is -0.383 e. The van der Waals surface area contributed by atoms with Crippen molar-refractivity contribution in [1.29, 1.82) is 0 Å². The van der Waals surface area contributed by atoms with Gasteiger partial charge >= 0.3 is 0 Å². The highest BCUT2D eigenvalue weighted by atomic mass is 15.3. The van der Waals surface area contributed by atoms with Gasteiger partial charge < -0.3 is 5.73 Å². The van der Waals surface area contributed by atoms with Crippen molar-refractivity contribution >= 4 is 5.82 Å². The van der Waals surface area contributed by atoms with Gasteiger partial charge in [0, 0.05) is 23.5 Å². The van der Waals surface area contributed by atoms with E-state index in [1.807, 2.05) is 10.9 Å². The molecule has 5 heteroatoms. The fraction of sp³-hybridized carbons (Fsp3) is 0.462. The molecule has 1 aliphatic rings. The summed E-state index contributed by atoms with van der Waals surface area (Å²) < 4.78 is 1.90. The summed E-state index contributed by atoms with van der Waals surface area (Å²) in [6.45, 7) is 4.18. The summed E-state index contributed by atoms with van der Waals surface area (Å²) >= 11 is 0. The van der Waals surface area contributed by atoms with E-state index < -0.39 is 0 Å². The van der Waals surface area contributed by atoms with Gasteiger partial charge in [0.25, 0.3) is 0 Å². The van der Waals surface area contributed by atoms with Crippen molar-refractivity contribution in [2.24, 2.45) is 0 Å². The molecule has 1 aliphatic carbocycles. The number of fused-ring (bicyclic) bond motifs is 1. The molecule has 2 aromatic rings. The van der Waals surface area contributed by atoms with Crippen LogP contribution in [0.4, 0.5) is 5.82 Å². The van der Waals surface area contributed by atoms with Crippen molar-refractivity contribution in [3.8, 4) is 11.4 Å². The average Bonchev–Trinajstić information content (AvgIpc) is 2.97. The number of nitrogens with zero attached hydrogens (tertiary/aromatic N) is 4. The zero-order valence-electron chi connectivity index (χ0n) is 10.7. The molecule has 0 radical (unpaired) electrons. The molecule has 0 saturated heterocycles. The highest BCUT2D eigenvalue weighted by molar-refractivity contribution is 5.58. The van der Waals surface area contributed by atoms with Crippen LogP contribution >= 0.6 is 0 Å². The average molecular weight is 243 g/mol. The highest BCUT2D eigenvalue weighted by Gasteiger charge is 2.18. The van der Waals surface area contributed by atoms with Crippen LogP contribution in [0.2, 0.25) is 0 Å². The molecular weight excluding hydrogens is 226 g/mol. The van der Waals surface area contributed by atoms with Gasteiger partial charge in [-0.25, -0.2) is 9.97 Å². The number of nitrogens with two attached hydrogens (primary N) is 1. The van der Waals surface area contributed by atoms with E-state index in [9.17, 15) is 0 Å². The summed E-state index contributed by atoms with van der Waals surface area (Å²) in [4.78, 5) is 9.01. The molecule has 5 nitrogen and oxygen atoms in total. The van der Waals surface area contributed by atoms with Gasteiger partial charge in [-0.15, -0.1) is 0 Å². The Morgan fingerprint density at radius 1 is 1.28 bits per heavy atom. The van der Waals surface area contributed by atoms with E-state index >= 15 is 0 Å². The van der Waals surface area contributed by atoms with Crippen LogP contribution in [0.5, 0.6) is 0 Å². The van der Waals surface area contributed by atoms with Crippen molar-refractivity contribution in [3.05, 3.63) is 23.7 Å². The van der Waals surface area contributed by atoms with Crippen molar-refractivity contribution < 1.29 is 0 Å². The van der Waals surface area contributed by atoms with Crippen LogP contribution < -0.4 is 5.73 Å². The van der Waals surface area contributed by atoms with Crippen LogP contribution in [-0.2, 0) is 12.8 Å². The van der Waals surface area contributed by atoms with E-state index in [1.165, 1.54) is 0 Å². The fourth-order valence-corrected chi connectivity index (χ4v) is 2.33. The van der Waals surface area contributed by atoms with Crippen LogP contribution in [0.3, 0.4) is 0 Å². The summed E-state index contributed by atoms with van der Waals surface area (Å²) in [6.07, 6.45) is 6.92. The molecule has 0 aliphatic heterocycles. The topological polar surface area (TPSA) is 69.6 Å². The van der Waals surface area contributed by atoms with Crippen LogP contribution in [0, 0.1) is 0 Å². The first-order valence-electron chi connectivity index (χ1n) is 6.35. The standard InChI is InChI=1S/C13H17N5/c1-8(2)18-7-9(6-15-18)13-16-11-5-3-4-10(11)12(14)17-13/h6-8H,3-5H2,1-2H3,(H2,14,16,17). The van der Waals surface area contributed by atoms with Crippen LogP contribution in [-0.4, -0.2) is 19.7 Å². The normalized spacial score (nSPS) is 14.2. The lowest BCUT2D eigenvalue weighted by Gasteiger charge is -2.05. The van der Waals surface area contributed by atoms with Crippen molar-refractivity contribution in [3.63, 3.8) is 0 Å². The maximum absolute atomic E-state index is 6.00. The monoisotopic (exact) mass is 243 g/mol. The number of anilines is 1. The summed E-state index contributed by atoms with van der Waals surface area (Å²) in [5, 5.41) is 4.31. The summed E-state index contributed by atoms with van der Waals surface area (Å²) in [5.41, 5.74) is 9.17. The molecule has 0 unspecified atom stereocenters. The Labute approximate surface area is 106 Å². The summed E-state index contributed by atoms with van der Waals surface area (Å²) in [5.74, 6) is 1.32. The van der Waals surface area contributed by atoms with Crippen LogP contribution in [0.25, 0.3) is 11.4 Å². The minimum atomic E-state index is 0.338. The third-order valence-corrected chi connectivity index (χ3v) is 3.35. The van der Waals surface area contributed by atoms with Gasteiger partial charge in [-0.05, 0) is 33.1 Å². The molecule has 0 spiro atoms. The molecule has 2 heterocycles. The molecule has 0 amide bonds. The fourth-order valence-electron chi connectivity index (χ4n) is 2.33. The molecule has 94 valence electrons. The second-order valence-corrected chi connectivity index (χ2v) is 5.01. The quantitative estimate of drug-likeness (QED) is 0.875. The lowest BCUT2D eigenvalue weighted by atomic mass is 10.2. The van der Waals surface area contributed by atoms with E-state index in [4.69, 9.17) is 5.73 Å². The van der Waals surface area contributed by atoms with E-state index in [0.29, 0.717) is 17.7 Å². The number of rotatable bonds is 2. The Balaban J connectivity index is 2.03. The van der Waals surface area contributed by atoms with E-state index in [0.717, 1.165) is 36.1 Å². The molecule has 0 bridgehead atoms. The number of hydrogen-bond acceptors (Lipinski definition) is 4. The maximum Gasteiger partial charge on any atom is 0.164 e. The van der Waals surface area contributed by atoms with E-state index in [-0.39, 0.29) is 0 Å². The molecule has 0 atom stereocenters. The second kappa shape index (κ2) is 4.08. The van der Waals surface area contributed by atoms with E-state index in [2.05, 4.69) is 28.9 Å². The number of aromatic nitrogens is 4. The second-order valence-electron chi connectivity index (χ2n) is 5.01. The lowest BCUT2D eigenvalue weighted by Crippen LogP contribution is -2.02. The summed E-state index contributed by atoms with van der Waals surface area (Å²) in [7, 11) is 0. The van der Waals surface area contributed by atoms with Crippen LogP contribution in [0.1, 0.15) is 37.6 Å². The maximum atomic E-state index is 6.00. The van der Waals surface area contributed by atoms with Crippen molar-refractivity contribution in [2.45, 2.75) is 39.2 Å². The Morgan fingerprint density at radius 3 is 2.83 bits per heavy atom. The SMILES string of the molecule is CC(C)n1cc(-c2nc(N)c3c(n2)CCC3)cn1. The molecule has 18 heavy (non-hydrogen) atoms. The minimum absolute atomic E-state index is 0.338. The molecular formula is C13H17N5. The van der Waals surface area contributed by atoms with Gasteiger partial charge in [-0.3, -0.25) is 4.68 Å². The molecule has 0 fully saturated rings. The van der Waals surface area contributed by atoms with Gasteiger partial charge in [-0.2, -0.15) is 5.10 Å². The predicted octanol–water partition coefficient (Wildman–Crippen LogP) is 1.99.